The Labute approximate surface area is 97.3 Å². The number of nitrogens with one attached hydrogen (secondary N) is 1. The predicted molar refractivity (Wildman–Crippen MR) is 67.8 cm³/mol. The van der Waals surface area contributed by atoms with Gasteiger partial charge in [-0.3, -0.25) is 0 Å². The van der Waals surface area contributed by atoms with Gasteiger partial charge in [-0.1, -0.05) is 43.0 Å². The molecule has 0 unspecified atom stereocenters. The predicted octanol–water partition coefficient (Wildman–Crippen LogP) is 2.51. The first-order valence-electron chi connectivity index (χ1n) is 5.73. The van der Waals surface area contributed by atoms with E-state index < -0.39 is 0 Å². The molecule has 1 N–H and O–H groups in total. The molecule has 1 aromatic carbocycles. The third-order valence-electron chi connectivity index (χ3n) is 2.82. The van der Waals surface area contributed by atoms with Crippen LogP contribution in [-0.4, -0.2) is 18.0 Å². The van der Waals surface area contributed by atoms with Gasteiger partial charge < -0.3 is 10.2 Å². The average molecular weight is 214 g/mol. The van der Waals surface area contributed by atoms with E-state index in [0.29, 0.717) is 0 Å². The Hall–Kier alpha value is -1.54. The minimum Gasteiger partial charge on any atom is -0.348 e. The summed E-state index contributed by atoms with van der Waals surface area (Å²) >= 11 is 0. The molecule has 1 aliphatic rings. The smallest absolute Gasteiger partial charge is 0.0472 e. The van der Waals surface area contributed by atoms with E-state index in [9.17, 15) is 0 Å². The zero-order valence-corrected chi connectivity index (χ0v) is 9.52. The molecule has 2 nitrogen and oxygen atoms in total. The van der Waals surface area contributed by atoms with E-state index in [1.165, 1.54) is 11.3 Å². The molecule has 2 heteroatoms. The van der Waals surface area contributed by atoms with Crippen LogP contribution in [0, 0.1) is 0 Å². The fourth-order valence-corrected chi connectivity index (χ4v) is 1.93. The summed E-state index contributed by atoms with van der Waals surface area (Å²) in [7, 11) is 0. The summed E-state index contributed by atoms with van der Waals surface area (Å²) in [6, 6.07) is 10.5. The Bertz CT molecular complexity index is 368. The quantitative estimate of drug-likeness (QED) is 0.828. The molecule has 16 heavy (non-hydrogen) atoms. The van der Waals surface area contributed by atoms with E-state index in [1.54, 1.807) is 0 Å². The van der Waals surface area contributed by atoms with Gasteiger partial charge in [-0.25, -0.2) is 0 Å². The van der Waals surface area contributed by atoms with Gasteiger partial charge in [-0.15, -0.1) is 0 Å². The van der Waals surface area contributed by atoms with Crippen molar-refractivity contribution in [2.75, 3.05) is 13.1 Å². The minimum absolute atomic E-state index is 0.913. The number of benzene rings is 1. The summed E-state index contributed by atoms with van der Waals surface area (Å²) in [5, 5.41) is 3.32. The van der Waals surface area contributed by atoms with Crippen molar-refractivity contribution in [1.29, 1.82) is 0 Å². The second-order valence-corrected chi connectivity index (χ2v) is 3.95. The first-order valence-corrected chi connectivity index (χ1v) is 5.73. The standard InChI is InChI=1S/C14H18N2/c1-2-16(14-8-10-15-11-9-14)12-13-6-4-3-5-7-13/h2-8,15H,1,9-12H2. The van der Waals surface area contributed by atoms with Crippen molar-refractivity contribution in [3.63, 3.8) is 0 Å². The fraction of sp³-hybridized carbons (Fsp3) is 0.286. The van der Waals surface area contributed by atoms with Crippen molar-refractivity contribution >= 4 is 0 Å². The van der Waals surface area contributed by atoms with Gasteiger partial charge in [0, 0.05) is 25.3 Å². The van der Waals surface area contributed by atoms with E-state index in [2.05, 4.69) is 47.1 Å². The highest BCUT2D eigenvalue weighted by molar-refractivity contribution is 5.18. The van der Waals surface area contributed by atoms with E-state index in [0.717, 1.165) is 26.1 Å². The van der Waals surface area contributed by atoms with Crippen LogP contribution in [0.15, 0.2) is 54.9 Å². The zero-order chi connectivity index (χ0) is 11.2. The molecule has 0 aromatic heterocycles. The van der Waals surface area contributed by atoms with Gasteiger partial charge in [-0.2, -0.15) is 0 Å². The third kappa shape index (κ3) is 2.74. The summed E-state index contributed by atoms with van der Waals surface area (Å²) in [6.07, 6.45) is 5.25. The van der Waals surface area contributed by atoms with Crippen molar-refractivity contribution in [2.24, 2.45) is 0 Å². The molecular formula is C14H18N2. The Morgan fingerprint density at radius 2 is 2.12 bits per heavy atom. The molecule has 0 bridgehead atoms. The SMILES string of the molecule is C=CN(Cc1ccccc1)C1=CCNCC1. The van der Waals surface area contributed by atoms with Crippen LogP contribution in [0.3, 0.4) is 0 Å². The molecule has 1 aliphatic heterocycles. The second-order valence-electron chi connectivity index (χ2n) is 3.95. The summed E-state index contributed by atoms with van der Waals surface area (Å²) in [5.74, 6) is 0. The Morgan fingerprint density at radius 1 is 1.31 bits per heavy atom. The summed E-state index contributed by atoms with van der Waals surface area (Å²) in [5.41, 5.74) is 2.69. The van der Waals surface area contributed by atoms with E-state index >= 15 is 0 Å². The third-order valence-corrected chi connectivity index (χ3v) is 2.82. The lowest BCUT2D eigenvalue weighted by Crippen LogP contribution is -2.27. The van der Waals surface area contributed by atoms with Gasteiger partial charge in [0.05, 0.1) is 0 Å². The lowest BCUT2D eigenvalue weighted by molar-refractivity contribution is 0.425. The van der Waals surface area contributed by atoms with Crippen LogP contribution in [-0.2, 0) is 6.54 Å². The van der Waals surface area contributed by atoms with Crippen molar-refractivity contribution in [3.8, 4) is 0 Å². The maximum atomic E-state index is 3.90. The maximum Gasteiger partial charge on any atom is 0.0472 e. The first-order chi connectivity index (χ1) is 7.90. The molecule has 1 aromatic rings. The molecule has 0 amide bonds. The second kappa shape index (κ2) is 5.52. The number of hydrogen-bond donors (Lipinski definition) is 1. The summed E-state index contributed by atoms with van der Waals surface area (Å²) in [4.78, 5) is 2.23. The van der Waals surface area contributed by atoms with Crippen molar-refractivity contribution in [3.05, 3.63) is 60.4 Å². The minimum atomic E-state index is 0.913. The van der Waals surface area contributed by atoms with Crippen molar-refractivity contribution in [1.82, 2.24) is 10.2 Å². The van der Waals surface area contributed by atoms with Crippen LogP contribution < -0.4 is 5.32 Å². The normalized spacial score (nSPS) is 15.4. The number of nitrogens with zero attached hydrogens (tertiary/aromatic N) is 1. The largest absolute Gasteiger partial charge is 0.348 e. The van der Waals surface area contributed by atoms with Gasteiger partial charge in [0.15, 0.2) is 0 Å². The highest BCUT2D eigenvalue weighted by atomic mass is 15.1. The van der Waals surface area contributed by atoms with Crippen molar-refractivity contribution in [2.45, 2.75) is 13.0 Å². The van der Waals surface area contributed by atoms with Crippen LogP contribution >= 0.6 is 0 Å². The fourth-order valence-electron chi connectivity index (χ4n) is 1.93. The lowest BCUT2D eigenvalue weighted by Gasteiger charge is -2.26. The van der Waals surface area contributed by atoms with Gasteiger partial charge in [-0.05, 0) is 18.2 Å². The molecule has 0 aliphatic carbocycles. The molecule has 0 saturated carbocycles. The van der Waals surface area contributed by atoms with Crippen LogP contribution in [0.4, 0.5) is 0 Å². The molecule has 0 spiro atoms. The molecule has 0 radical (unpaired) electrons. The van der Waals surface area contributed by atoms with Crippen LogP contribution in [0.25, 0.3) is 0 Å². The Morgan fingerprint density at radius 3 is 2.75 bits per heavy atom. The van der Waals surface area contributed by atoms with Gasteiger partial charge in [0.25, 0.3) is 0 Å². The summed E-state index contributed by atoms with van der Waals surface area (Å²) < 4.78 is 0. The monoisotopic (exact) mass is 214 g/mol. The van der Waals surface area contributed by atoms with Gasteiger partial charge in [0.1, 0.15) is 0 Å². The van der Waals surface area contributed by atoms with Crippen LogP contribution in [0.1, 0.15) is 12.0 Å². The number of hydrogen-bond acceptors (Lipinski definition) is 2. The van der Waals surface area contributed by atoms with E-state index in [-0.39, 0.29) is 0 Å². The highest BCUT2D eigenvalue weighted by Gasteiger charge is 2.09. The van der Waals surface area contributed by atoms with Crippen LogP contribution in [0.5, 0.6) is 0 Å². The van der Waals surface area contributed by atoms with Crippen molar-refractivity contribution < 1.29 is 0 Å². The average Bonchev–Trinajstić information content (AvgIpc) is 2.38. The molecule has 0 saturated heterocycles. The van der Waals surface area contributed by atoms with Crippen LogP contribution in [0.2, 0.25) is 0 Å². The van der Waals surface area contributed by atoms with E-state index in [4.69, 9.17) is 0 Å². The Kier molecular flexibility index (Phi) is 3.78. The first kappa shape index (κ1) is 11.0. The van der Waals surface area contributed by atoms with E-state index in [1.807, 2.05) is 12.3 Å². The highest BCUT2D eigenvalue weighted by Crippen LogP contribution is 2.15. The Balaban J connectivity index is 2.06. The lowest BCUT2D eigenvalue weighted by atomic mass is 10.1. The molecule has 1 heterocycles. The molecule has 0 fully saturated rings. The molecule has 84 valence electrons. The molecular weight excluding hydrogens is 196 g/mol. The van der Waals surface area contributed by atoms with Gasteiger partial charge >= 0.3 is 0 Å². The zero-order valence-electron chi connectivity index (χ0n) is 9.52. The topological polar surface area (TPSA) is 15.3 Å². The number of rotatable bonds is 4. The maximum absolute atomic E-state index is 3.90. The summed E-state index contributed by atoms with van der Waals surface area (Å²) in [6.45, 7) is 6.84. The molecule has 0 atom stereocenters. The molecule has 2 rings (SSSR count). The van der Waals surface area contributed by atoms with Gasteiger partial charge in [0.2, 0.25) is 0 Å².